The molecule has 0 spiro atoms. The van der Waals surface area contributed by atoms with Crippen molar-refractivity contribution in [2.45, 2.75) is 13.3 Å². The fourth-order valence-corrected chi connectivity index (χ4v) is 2.74. The van der Waals surface area contributed by atoms with Crippen LogP contribution in [0.5, 0.6) is 0 Å². The lowest BCUT2D eigenvalue weighted by Crippen LogP contribution is -2.27. The van der Waals surface area contributed by atoms with E-state index in [-0.39, 0.29) is 5.91 Å². The van der Waals surface area contributed by atoms with E-state index in [1.165, 1.54) is 0 Å². The first-order chi connectivity index (χ1) is 11.5. The highest BCUT2D eigenvalue weighted by Crippen LogP contribution is 2.21. The molecule has 0 saturated carbocycles. The van der Waals surface area contributed by atoms with Gasteiger partial charge in [-0.05, 0) is 30.7 Å². The average molecular weight is 326 g/mol. The molecule has 0 radical (unpaired) electrons. The Morgan fingerprint density at radius 1 is 1.38 bits per heavy atom. The lowest BCUT2D eigenvalue weighted by Gasteiger charge is -2.16. The first-order valence-electron chi connectivity index (χ1n) is 8.01. The molecule has 3 aromatic heterocycles. The van der Waals surface area contributed by atoms with Crippen molar-refractivity contribution < 1.29 is 4.79 Å². The van der Waals surface area contributed by atoms with E-state index < -0.39 is 0 Å². The Kier molecular flexibility index (Phi) is 4.24. The molecule has 1 N–H and O–H groups in total. The predicted molar refractivity (Wildman–Crippen MR) is 94.2 cm³/mol. The number of rotatable bonds is 5. The normalized spacial score (nSPS) is 11.0. The molecule has 3 aromatic rings. The van der Waals surface area contributed by atoms with Crippen molar-refractivity contribution in [3.8, 4) is 11.5 Å². The molecule has 0 saturated heterocycles. The van der Waals surface area contributed by atoms with Crippen molar-refractivity contribution in [1.82, 2.24) is 24.1 Å². The maximum absolute atomic E-state index is 12.6. The second kappa shape index (κ2) is 6.35. The molecule has 1 amide bonds. The minimum absolute atomic E-state index is 0.0146. The molecule has 0 fully saturated rings. The number of nitrogens with zero attached hydrogens (tertiary/aromatic N) is 5. The van der Waals surface area contributed by atoms with Gasteiger partial charge in [-0.3, -0.25) is 4.79 Å². The summed E-state index contributed by atoms with van der Waals surface area (Å²) in [6.07, 6.45) is 2.88. The van der Waals surface area contributed by atoms with Gasteiger partial charge in [0.05, 0.1) is 5.69 Å². The van der Waals surface area contributed by atoms with Crippen LogP contribution in [0.15, 0.2) is 30.5 Å². The maximum atomic E-state index is 12.6. The number of aromatic nitrogens is 4. The highest BCUT2D eigenvalue weighted by molar-refractivity contribution is 5.96. The van der Waals surface area contributed by atoms with Crippen LogP contribution in [0.4, 0.5) is 5.82 Å². The van der Waals surface area contributed by atoms with Gasteiger partial charge >= 0.3 is 0 Å². The fraction of sp³-hybridized carbons (Fsp3) is 0.353. The van der Waals surface area contributed by atoms with Crippen LogP contribution in [0.1, 0.15) is 23.7 Å². The van der Waals surface area contributed by atoms with E-state index >= 15 is 0 Å². The number of carbonyl (C=O) groups excluding carboxylic acids is 1. The largest absolute Gasteiger partial charge is 0.373 e. The Morgan fingerprint density at radius 3 is 2.79 bits per heavy atom. The van der Waals surface area contributed by atoms with Crippen molar-refractivity contribution in [3.63, 3.8) is 0 Å². The summed E-state index contributed by atoms with van der Waals surface area (Å²) in [5, 5.41) is 7.66. The molecule has 0 atom stereocenters. The Bertz CT molecular complexity index is 878. The van der Waals surface area contributed by atoms with Gasteiger partial charge in [0.15, 0.2) is 11.5 Å². The summed E-state index contributed by atoms with van der Waals surface area (Å²) in [5.41, 5.74) is 2.18. The Balaban J connectivity index is 2.09. The van der Waals surface area contributed by atoms with Crippen LogP contribution in [0.3, 0.4) is 0 Å². The molecule has 0 unspecified atom stereocenters. The van der Waals surface area contributed by atoms with Crippen molar-refractivity contribution >= 4 is 17.4 Å². The van der Waals surface area contributed by atoms with Crippen LogP contribution in [-0.2, 0) is 7.05 Å². The number of pyridine rings is 1. The molecule has 3 rings (SSSR count). The lowest BCUT2D eigenvalue weighted by molar-refractivity contribution is 0.0795. The van der Waals surface area contributed by atoms with Gasteiger partial charge in [-0.25, -0.2) is 4.98 Å². The molecule has 0 aromatic carbocycles. The molecule has 0 aliphatic rings. The minimum atomic E-state index is -0.0146. The molecule has 0 aliphatic carbocycles. The van der Waals surface area contributed by atoms with E-state index in [1.807, 2.05) is 50.1 Å². The summed E-state index contributed by atoms with van der Waals surface area (Å²) >= 11 is 0. The zero-order valence-electron chi connectivity index (χ0n) is 14.4. The summed E-state index contributed by atoms with van der Waals surface area (Å²) in [6.45, 7) is 2.77. The van der Waals surface area contributed by atoms with Crippen LogP contribution >= 0.6 is 0 Å². The summed E-state index contributed by atoms with van der Waals surface area (Å²) in [5.74, 6) is 1.35. The van der Waals surface area contributed by atoms with Crippen LogP contribution in [0.2, 0.25) is 0 Å². The smallest absolute Gasteiger partial charge is 0.253 e. The zero-order valence-corrected chi connectivity index (χ0v) is 14.4. The van der Waals surface area contributed by atoms with Gasteiger partial charge < -0.3 is 14.8 Å². The Morgan fingerprint density at radius 2 is 2.17 bits per heavy atom. The van der Waals surface area contributed by atoms with Crippen LogP contribution in [0, 0.1) is 0 Å². The summed E-state index contributed by atoms with van der Waals surface area (Å²) in [6, 6.07) is 7.52. The number of aryl methyl sites for hydroxylation is 1. The third-order valence-corrected chi connectivity index (χ3v) is 4.02. The van der Waals surface area contributed by atoms with E-state index in [4.69, 9.17) is 0 Å². The van der Waals surface area contributed by atoms with Gasteiger partial charge in [0.2, 0.25) is 0 Å². The number of hydrogen-bond acceptors (Lipinski definition) is 4. The van der Waals surface area contributed by atoms with Gasteiger partial charge in [0.1, 0.15) is 5.82 Å². The van der Waals surface area contributed by atoms with Crippen molar-refractivity contribution in [1.29, 1.82) is 0 Å². The Labute approximate surface area is 140 Å². The van der Waals surface area contributed by atoms with E-state index in [0.29, 0.717) is 17.0 Å². The highest BCUT2D eigenvalue weighted by Gasteiger charge is 2.17. The monoisotopic (exact) mass is 326 g/mol. The SMILES string of the molecule is CCCN(C)C(=O)c1cc(NC)n2nc(-c3cccn3C)nc2c1. The average Bonchev–Trinajstić information content (AvgIpc) is 3.18. The molecule has 24 heavy (non-hydrogen) atoms. The van der Waals surface area contributed by atoms with Gasteiger partial charge in [0.25, 0.3) is 5.91 Å². The molecule has 0 bridgehead atoms. The highest BCUT2D eigenvalue weighted by atomic mass is 16.2. The maximum Gasteiger partial charge on any atom is 0.253 e. The molecule has 126 valence electrons. The third-order valence-electron chi connectivity index (χ3n) is 4.02. The number of amides is 1. The van der Waals surface area contributed by atoms with Crippen molar-refractivity contribution in [3.05, 3.63) is 36.0 Å². The van der Waals surface area contributed by atoms with Gasteiger partial charge in [-0.1, -0.05) is 6.92 Å². The van der Waals surface area contributed by atoms with Gasteiger partial charge in [0, 0.05) is 39.4 Å². The molecule has 3 heterocycles. The number of hydrogen-bond donors (Lipinski definition) is 1. The number of nitrogens with one attached hydrogen (secondary N) is 1. The summed E-state index contributed by atoms with van der Waals surface area (Å²) in [4.78, 5) is 18.9. The second-order valence-electron chi connectivity index (χ2n) is 5.82. The van der Waals surface area contributed by atoms with E-state index in [1.54, 1.807) is 15.5 Å². The number of fused-ring (bicyclic) bond motifs is 1. The number of carbonyl (C=O) groups is 1. The standard InChI is InChI=1S/C17H22N6O/c1-5-8-22(4)17(24)12-10-14(18-2)23-15(11-12)19-16(20-23)13-7-6-9-21(13)3/h6-7,9-11,18H,5,8H2,1-4H3. The zero-order chi connectivity index (χ0) is 17.3. The fourth-order valence-electron chi connectivity index (χ4n) is 2.74. The second-order valence-corrected chi connectivity index (χ2v) is 5.82. The minimum Gasteiger partial charge on any atom is -0.373 e. The molecule has 0 aliphatic heterocycles. The first-order valence-corrected chi connectivity index (χ1v) is 8.01. The quantitative estimate of drug-likeness (QED) is 0.781. The summed E-state index contributed by atoms with van der Waals surface area (Å²) < 4.78 is 3.69. The number of anilines is 1. The van der Waals surface area contributed by atoms with Crippen LogP contribution in [-0.4, -0.2) is 50.6 Å². The third kappa shape index (κ3) is 2.73. The van der Waals surface area contributed by atoms with E-state index in [2.05, 4.69) is 22.3 Å². The van der Waals surface area contributed by atoms with Crippen LogP contribution in [0.25, 0.3) is 17.2 Å². The summed E-state index contributed by atoms with van der Waals surface area (Å²) in [7, 11) is 5.58. The molecular formula is C17H22N6O. The Hall–Kier alpha value is -2.83. The predicted octanol–water partition coefficient (Wildman–Crippen LogP) is 2.26. The van der Waals surface area contributed by atoms with E-state index in [9.17, 15) is 4.79 Å². The van der Waals surface area contributed by atoms with Gasteiger partial charge in [-0.15, -0.1) is 5.10 Å². The lowest BCUT2D eigenvalue weighted by atomic mass is 10.2. The first kappa shape index (κ1) is 16.0. The molecule has 7 heteroatoms. The van der Waals surface area contributed by atoms with Crippen molar-refractivity contribution in [2.75, 3.05) is 26.0 Å². The topological polar surface area (TPSA) is 67.5 Å². The molecular weight excluding hydrogens is 304 g/mol. The van der Waals surface area contributed by atoms with Crippen molar-refractivity contribution in [2.24, 2.45) is 7.05 Å². The molecule has 7 nitrogen and oxygen atoms in total. The van der Waals surface area contributed by atoms with Gasteiger partial charge in [-0.2, -0.15) is 4.52 Å². The van der Waals surface area contributed by atoms with E-state index in [0.717, 1.165) is 24.5 Å². The van der Waals surface area contributed by atoms with Crippen LogP contribution < -0.4 is 5.32 Å².